The maximum atomic E-state index is 12.4. The molecule has 1 aliphatic rings. The Balaban J connectivity index is 1.96. The van der Waals surface area contributed by atoms with Crippen molar-refractivity contribution in [2.45, 2.75) is 12.7 Å². The van der Waals surface area contributed by atoms with Crippen molar-refractivity contribution in [3.8, 4) is 0 Å². The number of benzene rings is 1. The second-order valence-electron chi connectivity index (χ2n) is 4.86. The molecule has 0 radical (unpaired) electrons. The number of thioether (sulfide) groups is 1. The molecule has 0 aliphatic carbocycles. The molecule has 2 rings (SSSR count). The third-order valence-electron chi connectivity index (χ3n) is 3.62. The standard InChI is InChI=1S/C15H22N2OS/c1-3-16-8-10-17(11-9-16)15(18)14-6-4-13(5-7-14)12-19-2/h4-7H,3,8-12H2,1-2H3. The van der Waals surface area contributed by atoms with Crippen molar-refractivity contribution >= 4 is 17.7 Å². The van der Waals surface area contributed by atoms with Crippen LogP contribution in [0, 0.1) is 0 Å². The SMILES string of the molecule is CCN1CCN(C(=O)c2ccc(CSC)cc2)CC1. The lowest BCUT2D eigenvalue weighted by Gasteiger charge is -2.34. The van der Waals surface area contributed by atoms with Gasteiger partial charge in [0.2, 0.25) is 0 Å². The summed E-state index contributed by atoms with van der Waals surface area (Å²) >= 11 is 1.80. The number of piperazine rings is 1. The molecule has 4 heteroatoms. The van der Waals surface area contributed by atoms with Gasteiger partial charge in [0, 0.05) is 37.5 Å². The molecule has 0 spiro atoms. The molecular weight excluding hydrogens is 256 g/mol. The van der Waals surface area contributed by atoms with Gasteiger partial charge in [0.25, 0.3) is 5.91 Å². The van der Waals surface area contributed by atoms with E-state index >= 15 is 0 Å². The second kappa shape index (κ2) is 6.96. The van der Waals surface area contributed by atoms with Gasteiger partial charge in [-0.3, -0.25) is 4.79 Å². The summed E-state index contributed by atoms with van der Waals surface area (Å²) in [4.78, 5) is 16.7. The van der Waals surface area contributed by atoms with E-state index in [4.69, 9.17) is 0 Å². The van der Waals surface area contributed by atoms with Gasteiger partial charge in [0.05, 0.1) is 0 Å². The van der Waals surface area contributed by atoms with Crippen molar-refractivity contribution in [2.75, 3.05) is 39.0 Å². The highest BCUT2D eigenvalue weighted by Crippen LogP contribution is 2.13. The largest absolute Gasteiger partial charge is 0.336 e. The van der Waals surface area contributed by atoms with Crippen LogP contribution in [0.5, 0.6) is 0 Å². The number of hydrogen-bond acceptors (Lipinski definition) is 3. The minimum Gasteiger partial charge on any atom is -0.336 e. The van der Waals surface area contributed by atoms with Crippen LogP contribution in [0.4, 0.5) is 0 Å². The minimum atomic E-state index is 0.173. The van der Waals surface area contributed by atoms with Crippen LogP contribution in [0.25, 0.3) is 0 Å². The van der Waals surface area contributed by atoms with E-state index in [1.165, 1.54) is 5.56 Å². The Morgan fingerprint density at radius 1 is 1.16 bits per heavy atom. The topological polar surface area (TPSA) is 23.6 Å². The van der Waals surface area contributed by atoms with Crippen LogP contribution in [0.1, 0.15) is 22.8 Å². The lowest BCUT2D eigenvalue weighted by molar-refractivity contribution is 0.0643. The van der Waals surface area contributed by atoms with Crippen LogP contribution in [-0.4, -0.2) is 54.7 Å². The lowest BCUT2D eigenvalue weighted by atomic mass is 10.1. The molecule has 1 fully saturated rings. The molecule has 104 valence electrons. The fraction of sp³-hybridized carbons (Fsp3) is 0.533. The Labute approximate surface area is 120 Å². The van der Waals surface area contributed by atoms with Crippen molar-refractivity contribution in [2.24, 2.45) is 0 Å². The van der Waals surface area contributed by atoms with E-state index in [1.807, 2.05) is 17.0 Å². The number of rotatable bonds is 4. The first-order valence-corrected chi connectivity index (χ1v) is 8.23. The first-order valence-electron chi connectivity index (χ1n) is 6.84. The normalized spacial score (nSPS) is 16.6. The fourth-order valence-electron chi connectivity index (χ4n) is 2.36. The Bertz CT molecular complexity index is 411. The van der Waals surface area contributed by atoms with Crippen LogP contribution in [0.15, 0.2) is 24.3 Å². The number of carbonyl (C=O) groups is 1. The zero-order valence-electron chi connectivity index (χ0n) is 11.8. The van der Waals surface area contributed by atoms with Crippen LogP contribution in [0.3, 0.4) is 0 Å². The Morgan fingerprint density at radius 3 is 2.32 bits per heavy atom. The fourth-order valence-corrected chi connectivity index (χ4v) is 2.89. The average Bonchev–Trinajstić information content (AvgIpc) is 2.48. The van der Waals surface area contributed by atoms with E-state index in [0.717, 1.165) is 44.0 Å². The number of hydrogen-bond donors (Lipinski definition) is 0. The van der Waals surface area contributed by atoms with Gasteiger partial charge in [-0.2, -0.15) is 11.8 Å². The predicted molar refractivity (Wildman–Crippen MR) is 81.7 cm³/mol. The summed E-state index contributed by atoms with van der Waals surface area (Å²) in [6, 6.07) is 8.04. The maximum absolute atomic E-state index is 12.4. The van der Waals surface area contributed by atoms with Crippen molar-refractivity contribution in [1.82, 2.24) is 9.80 Å². The van der Waals surface area contributed by atoms with Gasteiger partial charge in [-0.25, -0.2) is 0 Å². The van der Waals surface area contributed by atoms with Gasteiger partial charge in [-0.1, -0.05) is 19.1 Å². The molecule has 1 heterocycles. The monoisotopic (exact) mass is 278 g/mol. The molecule has 1 saturated heterocycles. The summed E-state index contributed by atoms with van der Waals surface area (Å²) in [6.07, 6.45) is 2.09. The molecule has 3 nitrogen and oxygen atoms in total. The minimum absolute atomic E-state index is 0.173. The smallest absolute Gasteiger partial charge is 0.253 e. The molecule has 0 unspecified atom stereocenters. The number of amides is 1. The van der Waals surface area contributed by atoms with Crippen LogP contribution in [-0.2, 0) is 5.75 Å². The van der Waals surface area contributed by atoms with Crippen LogP contribution < -0.4 is 0 Å². The summed E-state index contributed by atoms with van der Waals surface area (Å²) in [5.41, 5.74) is 2.09. The third-order valence-corrected chi connectivity index (χ3v) is 4.24. The summed E-state index contributed by atoms with van der Waals surface area (Å²) < 4.78 is 0. The lowest BCUT2D eigenvalue weighted by Crippen LogP contribution is -2.48. The average molecular weight is 278 g/mol. The Kier molecular flexibility index (Phi) is 5.28. The van der Waals surface area contributed by atoms with Crippen LogP contribution in [0.2, 0.25) is 0 Å². The van der Waals surface area contributed by atoms with Crippen molar-refractivity contribution in [3.05, 3.63) is 35.4 Å². The van der Waals surface area contributed by atoms with Gasteiger partial charge in [0.15, 0.2) is 0 Å². The van der Waals surface area contributed by atoms with Crippen molar-refractivity contribution < 1.29 is 4.79 Å². The molecule has 0 N–H and O–H groups in total. The summed E-state index contributed by atoms with van der Waals surface area (Å²) in [6.45, 7) is 6.92. The van der Waals surface area contributed by atoms with Gasteiger partial charge >= 0.3 is 0 Å². The highest BCUT2D eigenvalue weighted by molar-refractivity contribution is 7.97. The highest BCUT2D eigenvalue weighted by Gasteiger charge is 2.20. The van der Waals surface area contributed by atoms with Crippen LogP contribution >= 0.6 is 11.8 Å². The van der Waals surface area contributed by atoms with E-state index in [9.17, 15) is 4.79 Å². The zero-order valence-corrected chi connectivity index (χ0v) is 12.6. The molecule has 1 aromatic carbocycles. The van der Waals surface area contributed by atoms with Gasteiger partial charge in [-0.15, -0.1) is 0 Å². The molecular formula is C15H22N2OS. The second-order valence-corrected chi connectivity index (χ2v) is 5.72. The summed E-state index contributed by atoms with van der Waals surface area (Å²) in [5, 5.41) is 0. The summed E-state index contributed by atoms with van der Waals surface area (Å²) in [5.74, 6) is 1.18. The first kappa shape index (κ1) is 14.4. The van der Waals surface area contributed by atoms with Gasteiger partial charge in [0.1, 0.15) is 0 Å². The van der Waals surface area contributed by atoms with Crippen molar-refractivity contribution in [1.29, 1.82) is 0 Å². The van der Waals surface area contributed by atoms with Crippen molar-refractivity contribution in [3.63, 3.8) is 0 Å². The number of carbonyl (C=O) groups excluding carboxylic acids is 1. The van der Waals surface area contributed by atoms with Gasteiger partial charge < -0.3 is 9.80 Å². The number of likely N-dealkylation sites (N-methyl/N-ethyl adjacent to an activating group) is 1. The highest BCUT2D eigenvalue weighted by atomic mass is 32.2. The number of nitrogens with zero attached hydrogens (tertiary/aromatic N) is 2. The molecule has 1 aromatic rings. The molecule has 0 saturated carbocycles. The molecule has 0 atom stereocenters. The third kappa shape index (κ3) is 3.74. The quantitative estimate of drug-likeness (QED) is 0.844. The van der Waals surface area contributed by atoms with E-state index in [0.29, 0.717) is 0 Å². The molecule has 0 bridgehead atoms. The predicted octanol–water partition coefficient (Wildman–Crippen LogP) is 2.33. The molecule has 1 amide bonds. The van der Waals surface area contributed by atoms with E-state index in [1.54, 1.807) is 11.8 Å². The first-order chi connectivity index (χ1) is 9.24. The Morgan fingerprint density at radius 2 is 1.79 bits per heavy atom. The van der Waals surface area contributed by atoms with E-state index in [-0.39, 0.29) is 5.91 Å². The van der Waals surface area contributed by atoms with Gasteiger partial charge in [-0.05, 0) is 30.5 Å². The Hall–Kier alpha value is -1.00. The molecule has 1 aliphatic heterocycles. The zero-order chi connectivity index (χ0) is 13.7. The molecule has 19 heavy (non-hydrogen) atoms. The molecule has 0 aromatic heterocycles. The maximum Gasteiger partial charge on any atom is 0.253 e. The van der Waals surface area contributed by atoms with E-state index in [2.05, 4.69) is 30.2 Å². The van der Waals surface area contributed by atoms with E-state index < -0.39 is 0 Å². The summed E-state index contributed by atoms with van der Waals surface area (Å²) in [7, 11) is 0.